The molecule has 2 aliphatic rings. The molecular weight excluding hydrogens is 260 g/mol. The molecule has 2 aliphatic heterocycles. The van der Waals surface area contributed by atoms with Gasteiger partial charge >= 0.3 is 0 Å². The number of hydrogen-bond donors (Lipinski definition) is 1. The highest BCUT2D eigenvalue weighted by atomic mass is 16.5. The Balaban J connectivity index is 1.74. The minimum Gasteiger partial charge on any atom is -0.482 e. The predicted octanol–water partition coefficient (Wildman–Crippen LogP) is 3.01. The molecule has 0 unspecified atom stereocenters. The number of ether oxygens (including phenoxy) is 1. The Bertz CT molecular complexity index is 528. The molecule has 1 aromatic rings. The lowest BCUT2D eigenvalue weighted by Gasteiger charge is -2.42. The van der Waals surface area contributed by atoms with Gasteiger partial charge in [0.05, 0.1) is 0 Å². The van der Waals surface area contributed by atoms with Crippen molar-refractivity contribution < 1.29 is 4.74 Å². The van der Waals surface area contributed by atoms with E-state index in [1.54, 1.807) is 0 Å². The maximum atomic E-state index is 6.38. The number of hydrogen-bond acceptors (Lipinski definition) is 3. The molecule has 3 heteroatoms. The molecular formula is C18H26N2O. The normalized spacial score (nSPS) is 20.6. The third-order valence-corrected chi connectivity index (χ3v) is 4.73. The molecule has 1 saturated heterocycles. The Hall–Kier alpha value is -1.32. The summed E-state index contributed by atoms with van der Waals surface area (Å²) < 4.78 is 6.38. The summed E-state index contributed by atoms with van der Waals surface area (Å²) in [6, 6.07) is 6.59. The highest BCUT2D eigenvalue weighted by molar-refractivity contribution is 5.62. The molecule has 1 spiro atoms. The van der Waals surface area contributed by atoms with Gasteiger partial charge in [-0.05, 0) is 29.7 Å². The molecule has 0 aliphatic carbocycles. The van der Waals surface area contributed by atoms with Crippen molar-refractivity contribution in [2.24, 2.45) is 5.73 Å². The lowest BCUT2D eigenvalue weighted by Crippen LogP contribution is -2.48. The molecule has 0 saturated carbocycles. The number of likely N-dealkylation sites (tertiary alicyclic amines) is 1. The number of nitrogens with zero attached hydrogens (tertiary/aromatic N) is 1. The highest BCUT2D eigenvalue weighted by Crippen LogP contribution is 2.38. The molecule has 2 N–H and O–H groups in total. The standard InChI is InChI=1S/C18H26N2O/c1-14(2)15-3-4-17-16(13-15)5-6-18(21-17)7-10-20(11-8-18)12-9-19/h3-6,13-14H,7-12,19H2,1-2H3. The molecule has 3 nitrogen and oxygen atoms in total. The molecule has 1 fully saturated rings. The zero-order chi connectivity index (χ0) is 14.9. The first-order valence-electron chi connectivity index (χ1n) is 8.06. The Kier molecular flexibility index (Phi) is 4.05. The Labute approximate surface area is 127 Å². The summed E-state index contributed by atoms with van der Waals surface area (Å²) >= 11 is 0. The Morgan fingerprint density at radius 3 is 2.71 bits per heavy atom. The predicted molar refractivity (Wildman–Crippen MR) is 87.7 cm³/mol. The van der Waals surface area contributed by atoms with Crippen molar-refractivity contribution in [3.63, 3.8) is 0 Å². The zero-order valence-corrected chi connectivity index (χ0v) is 13.1. The van der Waals surface area contributed by atoms with Gasteiger partial charge < -0.3 is 15.4 Å². The Morgan fingerprint density at radius 1 is 1.29 bits per heavy atom. The quantitative estimate of drug-likeness (QED) is 0.928. The fourth-order valence-electron chi connectivity index (χ4n) is 3.25. The van der Waals surface area contributed by atoms with Gasteiger partial charge in [-0.15, -0.1) is 0 Å². The molecule has 114 valence electrons. The van der Waals surface area contributed by atoms with Gasteiger partial charge in [0.25, 0.3) is 0 Å². The van der Waals surface area contributed by atoms with Crippen molar-refractivity contribution in [3.05, 3.63) is 35.4 Å². The number of piperidine rings is 1. The van der Waals surface area contributed by atoms with Crippen LogP contribution in [0.2, 0.25) is 0 Å². The summed E-state index contributed by atoms with van der Waals surface area (Å²) in [5, 5.41) is 0. The van der Waals surface area contributed by atoms with E-state index in [-0.39, 0.29) is 5.60 Å². The molecule has 0 amide bonds. The molecule has 3 rings (SSSR count). The van der Waals surface area contributed by atoms with Crippen molar-refractivity contribution >= 4 is 6.08 Å². The Morgan fingerprint density at radius 2 is 2.05 bits per heavy atom. The van der Waals surface area contributed by atoms with E-state index in [4.69, 9.17) is 10.5 Å². The summed E-state index contributed by atoms with van der Waals surface area (Å²) in [5.41, 5.74) is 8.13. The average Bonchev–Trinajstić information content (AvgIpc) is 2.49. The van der Waals surface area contributed by atoms with Crippen molar-refractivity contribution in [2.75, 3.05) is 26.2 Å². The summed E-state index contributed by atoms with van der Waals surface area (Å²) in [4.78, 5) is 2.43. The topological polar surface area (TPSA) is 38.5 Å². The van der Waals surface area contributed by atoms with Crippen LogP contribution in [0.15, 0.2) is 24.3 Å². The second-order valence-electron chi connectivity index (χ2n) is 6.58. The van der Waals surface area contributed by atoms with Crippen molar-refractivity contribution in [1.29, 1.82) is 0 Å². The van der Waals surface area contributed by atoms with Crippen LogP contribution in [0, 0.1) is 0 Å². The molecule has 21 heavy (non-hydrogen) atoms. The molecule has 0 atom stereocenters. The van der Waals surface area contributed by atoms with Crippen molar-refractivity contribution in [2.45, 2.75) is 38.2 Å². The van der Waals surface area contributed by atoms with Gasteiger partial charge in [-0.3, -0.25) is 0 Å². The molecule has 0 aromatic heterocycles. The first kappa shape index (κ1) is 14.6. The van der Waals surface area contributed by atoms with E-state index in [2.05, 4.69) is 49.1 Å². The van der Waals surface area contributed by atoms with Crippen LogP contribution in [0.1, 0.15) is 43.7 Å². The van der Waals surface area contributed by atoms with Crippen LogP contribution in [0.4, 0.5) is 0 Å². The highest BCUT2D eigenvalue weighted by Gasteiger charge is 2.36. The van der Waals surface area contributed by atoms with Crippen LogP contribution in [-0.4, -0.2) is 36.7 Å². The number of nitrogens with two attached hydrogens (primary N) is 1. The lowest BCUT2D eigenvalue weighted by atomic mass is 9.87. The zero-order valence-electron chi connectivity index (χ0n) is 13.1. The van der Waals surface area contributed by atoms with Gasteiger partial charge in [-0.25, -0.2) is 0 Å². The third-order valence-electron chi connectivity index (χ3n) is 4.73. The van der Waals surface area contributed by atoms with Gasteiger partial charge in [0.1, 0.15) is 11.4 Å². The molecule has 0 bridgehead atoms. The maximum absolute atomic E-state index is 6.38. The molecule has 0 radical (unpaired) electrons. The molecule has 2 heterocycles. The van der Waals surface area contributed by atoms with Crippen LogP contribution >= 0.6 is 0 Å². The van der Waals surface area contributed by atoms with Gasteiger partial charge in [0, 0.05) is 44.6 Å². The lowest BCUT2D eigenvalue weighted by molar-refractivity contribution is 0.0398. The van der Waals surface area contributed by atoms with E-state index < -0.39 is 0 Å². The average molecular weight is 286 g/mol. The van der Waals surface area contributed by atoms with Crippen LogP contribution in [-0.2, 0) is 0 Å². The van der Waals surface area contributed by atoms with Gasteiger partial charge in [-0.2, -0.15) is 0 Å². The minimum absolute atomic E-state index is 0.0998. The second-order valence-corrected chi connectivity index (χ2v) is 6.58. The fraction of sp³-hybridized carbons (Fsp3) is 0.556. The van der Waals surface area contributed by atoms with Gasteiger partial charge in [0.15, 0.2) is 0 Å². The van der Waals surface area contributed by atoms with Gasteiger partial charge in [-0.1, -0.05) is 26.0 Å². The van der Waals surface area contributed by atoms with Crippen molar-refractivity contribution in [3.8, 4) is 5.75 Å². The third kappa shape index (κ3) is 2.99. The van der Waals surface area contributed by atoms with Crippen molar-refractivity contribution in [1.82, 2.24) is 4.90 Å². The van der Waals surface area contributed by atoms with E-state index in [0.717, 1.165) is 44.8 Å². The summed E-state index contributed by atoms with van der Waals surface area (Å²) in [5.74, 6) is 1.59. The summed E-state index contributed by atoms with van der Waals surface area (Å²) in [6.07, 6.45) is 6.63. The minimum atomic E-state index is -0.0998. The van der Waals surface area contributed by atoms with E-state index in [1.165, 1.54) is 11.1 Å². The van der Waals surface area contributed by atoms with Crippen LogP contribution in [0.5, 0.6) is 5.75 Å². The van der Waals surface area contributed by atoms with E-state index >= 15 is 0 Å². The number of rotatable bonds is 3. The molecule has 1 aromatic carbocycles. The smallest absolute Gasteiger partial charge is 0.130 e. The maximum Gasteiger partial charge on any atom is 0.130 e. The first-order chi connectivity index (χ1) is 10.1. The second kappa shape index (κ2) is 5.82. The first-order valence-corrected chi connectivity index (χ1v) is 8.06. The van der Waals surface area contributed by atoms with Crippen LogP contribution < -0.4 is 10.5 Å². The van der Waals surface area contributed by atoms with E-state index in [1.807, 2.05) is 0 Å². The van der Waals surface area contributed by atoms with Crippen LogP contribution in [0.25, 0.3) is 6.08 Å². The SMILES string of the molecule is CC(C)c1ccc2c(c1)C=CC1(CCN(CCN)CC1)O2. The summed E-state index contributed by atoms with van der Waals surface area (Å²) in [7, 11) is 0. The number of benzene rings is 1. The monoisotopic (exact) mass is 286 g/mol. The van der Waals surface area contributed by atoms with E-state index in [9.17, 15) is 0 Å². The largest absolute Gasteiger partial charge is 0.482 e. The van der Waals surface area contributed by atoms with Crippen LogP contribution in [0.3, 0.4) is 0 Å². The summed E-state index contributed by atoms with van der Waals surface area (Å²) in [6.45, 7) is 8.33. The number of fused-ring (bicyclic) bond motifs is 1. The fourth-order valence-corrected chi connectivity index (χ4v) is 3.25. The van der Waals surface area contributed by atoms with Gasteiger partial charge in [0.2, 0.25) is 0 Å². The van der Waals surface area contributed by atoms with E-state index in [0.29, 0.717) is 5.92 Å².